The Morgan fingerprint density at radius 2 is 2.18 bits per heavy atom. The van der Waals surface area contributed by atoms with Crippen LogP contribution in [-0.4, -0.2) is 20.9 Å². The summed E-state index contributed by atoms with van der Waals surface area (Å²) in [5, 5.41) is 0. The van der Waals surface area contributed by atoms with E-state index in [1.165, 1.54) is 18.2 Å². The fraction of sp³-hybridized carbons (Fsp3) is 0.273. The first kappa shape index (κ1) is 16.1. The molecule has 0 radical (unpaired) electrons. The Morgan fingerprint density at radius 1 is 1.29 bits per heavy atom. The Kier molecular flexibility index (Phi) is 3.08. The van der Waals surface area contributed by atoms with Crippen LogP contribution in [0.5, 0.6) is 0 Å². The van der Waals surface area contributed by atoms with Gasteiger partial charge in [-0.2, -0.15) is 0 Å². The zero-order chi connectivity index (χ0) is 19.0. The number of carbonyl (C=O) groups is 1. The highest BCUT2D eigenvalue weighted by Gasteiger charge is 2.64. The van der Waals surface area contributed by atoms with Gasteiger partial charge in [0.1, 0.15) is 17.7 Å². The molecule has 0 saturated carbocycles. The molecule has 3 heterocycles. The first-order valence-electron chi connectivity index (χ1n) is 9.38. The molecular formula is C22H16F2N2O2. The van der Waals surface area contributed by atoms with E-state index in [1.807, 2.05) is 10.6 Å². The predicted molar refractivity (Wildman–Crippen MR) is 96.7 cm³/mol. The van der Waals surface area contributed by atoms with E-state index >= 15 is 0 Å². The van der Waals surface area contributed by atoms with Crippen LogP contribution in [0.3, 0.4) is 0 Å². The van der Waals surface area contributed by atoms with E-state index in [-0.39, 0.29) is 29.9 Å². The molecule has 1 aromatic heterocycles. The van der Waals surface area contributed by atoms with Crippen LogP contribution in [0.1, 0.15) is 41.7 Å². The minimum absolute atomic E-state index is 0.0340. The lowest BCUT2D eigenvalue weighted by molar-refractivity contribution is -0.125. The van der Waals surface area contributed by atoms with Crippen LogP contribution in [-0.2, 0) is 16.0 Å². The SMILES string of the molecule is O=C(CC1c2c(F)cccc2-c2cncn21)C12CCc3cc(F)ccc3C1O2. The summed E-state index contributed by atoms with van der Waals surface area (Å²) in [5.74, 6) is -0.619. The fourth-order valence-corrected chi connectivity index (χ4v) is 4.95. The highest BCUT2D eigenvalue weighted by Crippen LogP contribution is 2.58. The first-order chi connectivity index (χ1) is 13.6. The number of benzene rings is 2. The van der Waals surface area contributed by atoms with Gasteiger partial charge in [0.25, 0.3) is 0 Å². The molecule has 0 bridgehead atoms. The summed E-state index contributed by atoms with van der Waals surface area (Å²) < 4.78 is 35.9. The molecule has 6 rings (SSSR count). The Morgan fingerprint density at radius 3 is 3.07 bits per heavy atom. The topological polar surface area (TPSA) is 47.4 Å². The van der Waals surface area contributed by atoms with Gasteiger partial charge in [-0.3, -0.25) is 4.79 Å². The van der Waals surface area contributed by atoms with Gasteiger partial charge in [-0.25, -0.2) is 13.8 Å². The van der Waals surface area contributed by atoms with Gasteiger partial charge < -0.3 is 9.30 Å². The number of imidazole rings is 1. The van der Waals surface area contributed by atoms with E-state index < -0.39 is 11.6 Å². The monoisotopic (exact) mass is 378 g/mol. The second-order valence-electron chi connectivity index (χ2n) is 7.76. The number of ketones is 1. The first-order valence-corrected chi connectivity index (χ1v) is 9.38. The van der Waals surface area contributed by atoms with Gasteiger partial charge in [0.15, 0.2) is 11.4 Å². The maximum atomic E-state index is 14.6. The zero-order valence-electron chi connectivity index (χ0n) is 14.9. The molecule has 3 atom stereocenters. The average Bonchev–Trinajstić information content (AvgIpc) is 3.13. The summed E-state index contributed by atoms with van der Waals surface area (Å²) in [7, 11) is 0. The molecular weight excluding hydrogens is 362 g/mol. The van der Waals surface area contributed by atoms with Crippen LogP contribution in [0.2, 0.25) is 0 Å². The molecule has 3 aliphatic rings. The standard InChI is InChI=1S/C22H16F2N2O2/c23-13-4-5-14-12(8-13)6-7-22(21(14)28-22)19(27)9-17-20-15(2-1-3-16(20)24)18-10-25-11-26(17)18/h1-5,8,10-11,17,21H,6-7,9H2. The van der Waals surface area contributed by atoms with E-state index in [9.17, 15) is 13.6 Å². The van der Waals surface area contributed by atoms with Crippen LogP contribution in [0.15, 0.2) is 48.9 Å². The molecule has 3 unspecified atom stereocenters. The molecule has 2 aliphatic heterocycles. The van der Waals surface area contributed by atoms with E-state index in [4.69, 9.17) is 4.74 Å². The van der Waals surface area contributed by atoms with E-state index in [1.54, 1.807) is 24.7 Å². The van der Waals surface area contributed by atoms with Crippen molar-refractivity contribution in [2.75, 3.05) is 0 Å². The second-order valence-corrected chi connectivity index (χ2v) is 7.76. The Labute approximate surface area is 159 Å². The summed E-state index contributed by atoms with van der Waals surface area (Å²) in [6, 6.07) is 9.17. The lowest BCUT2D eigenvalue weighted by Crippen LogP contribution is -2.31. The van der Waals surface area contributed by atoms with Crippen LogP contribution >= 0.6 is 0 Å². The van der Waals surface area contributed by atoms with Crippen molar-refractivity contribution in [3.05, 3.63) is 77.2 Å². The maximum absolute atomic E-state index is 14.6. The minimum Gasteiger partial charge on any atom is -0.353 e. The molecule has 6 heteroatoms. The van der Waals surface area contributed by atoms with Crippen molar-refractivity contribution < 1.29 is 18.3 Å². The molecule has 4 nitrogen and oxygen atoms in total. The van der Waals surface area contributed by atoms with Gasteiger partial charge >= 0.3 is 0 Å². The van der Waals surface area contributed by atoms with Crippen LogP contribution in [0.4, 0.5) is 8.78 Å². The van der Waals surface area contributed by atoms with Gasteiger partial charge in [-0.05, 0) is 42.2 Å². The number of aryl methyl sites for hydroxylation is 1. The summed E-state index contributed by atoms with van der Waals surface area (Å²) in [6.45, 7) is 0. The number of hydrogen-bond donors (Lipinski definition) is 0. The van der Waals surface area contributed by atoms with E-state index in [0.717, 1.165) is 22.4 Å². The third-order valence-electron chi connectivity index (χ3n) is 6.36. The molecule has 0 amide bonds. The van der Waals surface area contributed by atoms with Crippen molar-refractivity contribution in [2.45, 2.75) is 37.0 Å². The molecule has 140 valence electrons. The molecule has 1 aliphatic carbocycles. The third kappa shape index (κ3) is 2.01. The van der Waals surface area contributed by atoms with Crippen molar-refractivity contribution in [3.8, 4) is 11.3 Å². The van der Waals surface area contributed by atoms with Crippen molar-refractivity contribution >= 4 is 5.78 Å². The quantitative estimate of drug-likeness (QED) is 0.644. The van der Waals surface area contributed by atoms with E-state index in [2.05, 4.69) is 4.98 Å². The molecule has 1 saturated heterocycles. The van der Waals surface area contributed by atoms with Crippen molar-refractivity contribution in [1.82, 2.24) is 9.55 Å². The van der Waals surface area contributed by atoms with Crippen molar-refractivity contribution in [3.63, 3.8) is 0 Å². The molecule has 28 heavy (non-hydrogen) atoms. The highest BCUT2D eigenvalue weighted by atomic mass is 19.1. The molecule has 3 aromatic rings. The normalized spacial score (nSPS) is 26.2. The number of rotatable bonds is 3. The maximum Gasteiger partial charge on any atom is 0.170 e. The lowest BCUT2D eigenvalue weighted by atomic mass is 9.79. The van der Waals surface area contributed by atoms with Gasteiger partial charge in [-0.15, -0.1) is 0 Å². The number of nitrogens with zero attached hydrogens (tertiary/aromatic N) is 2. The van der Waals surface area contributed by atoms with Crippen LogP contribution < -0.4 is 0 Å². The van der Waals surface area contributed by atoms with Crippen molar-refractivity contribution in [1.29, 1.82) is 0 Å². The smallest absolute Gasteiger partial charge is 0.170 e. The van der Waals surface area contributed by atoms with Crippen LogP contribution in [0.25, 0.3) is 11.3 Å². The number of epoxide rings is 1. The number of ether oxygens (including phenoxy) is 1. The molecule has 1 fully saturated rings. The minimum atomic E-state index is -0.862. The summed E-state index contributed by atoms with van der Waals surface area (Å²) >= 11 is 0. The summed E-state index contributed by atoms with van der Waals surface area (Å²) in [4.78, 5) is 17.5. The molecule has 0 spiro atoms. The Bertz CT molecular complexity index is 1160. The molecule has 2 aromatic carbocycles. The van der Waals surface area contributed by atoms with Gasteiger partial charge in [0.2, 0.25) is 0 Å². The van der Waals surface area contributed by atoms with Crippen LogP contribution in [0, 0.1) is 11.6 Å². The summed E-state index contributed by atoms with van der Waals surface area (Å²) in [6.07, 6.45) is 4.29. The third-order valence-corrected chi connectivity index (χ3v) is 6.36. The number of Topliss-reactive ketones (excluding diaryl/α,β-unsaturated/α-hetero) is 1. The Balaban J connectivity index is 1.34. The predicted octanol–water partition coefficient (Wildman–Crippen LogP) is 4.15. The average molecular weight is 378 g/mol. The number of fused-ring (bicyclic) bond motifs is 6. The van der Waals surface area contributed by atoms with Gasteiger partial charge in [-0.1, -0.05) is 18.2 Å². The van der Waals surface area contributed by atoms with E-state index in [0.29, 0.717) is 18.4 Å². The second kappa shape index (κ2) is 5.35. The Hall–Kier alpha value is -2.86. The summed E-state index contributed by atoms with van der Waals surface area (Å²) in [5.41, 5.74) is 3.08. The number of hydrogen-bond acceptors (Lipinski definition) is 3. The van der Waals surface area contributed by atoms with Crippen molar-refractivity contribution in [2.24, 2.45) is 0 Å². The number of halogens is 2. The largest absolute Gasteiger partial charge is 0.353 e. The zero-order valence-corrected chi connectivity index (χ0v) is 14.9. The number of carbonyl (C=O) groups excluding carboxylic acids is 1. The van der Waals surface area contributed by atoms with Gasteiger partial charge in [0, 0.05) is 17.5 Å². The highest BCUT2D eigenvalue weighted by molar-refractivity contribution is 5.92. The lowest BCUT2D eigenvalue weighted by Gasteiger charge is -2.21. The number of aromatic nitrogens is 2. The van der Waals surface area contributed by atoms with Gasteiger partial charge in [0.05, 0.1) is 24.3 Å². The molecule has 0 N–H and O–H groups in total. The fourth-order valence-electron chi connectivity index (χ4n) is 4.95.